The van der Waals surface area contributed by atoms with Gasteiger partial charge in [-0.15, -0.1) is 11.6 Å². The van der Waals surface area contributed by atoms with Crippen molar-refractivity contribution in [1.29, 1.82) is 0 Å². The van der Waals surface area contributed by atoms with Crippen molar-refractivity contribution in [2.75, 3.05) is 0 Å². The molecule has 1 aliphatic carbocycles. The number of halogens is 5. The smallest absolute Gasteiger partial charge is 0.425 e. The Bertz CT molecular complexity index is 1020. The Kier molecular flexibility index (Phi) is 6.52. The van der Waals surface area contributed by atoms with E-state index in [0.717, 1.165) is 37.5 Å². The Morgan fingerprint density at radius 3 is 2.55 bits per heavy atom. The normalized spacial score (nSPS) is 23.9. The molecule has 1 saturated carbocycles. The lowest BCUT2D eigenvalue weighted by Crippen LogP contribution is -2.45. The number of nitrogens with one attached hydrogen (secondary N) is 3. The minimum atomic E-state index is -4.68. The second-order valence-corrected chi connectivity index (χ2v) is 8.83. The third-order valence-corrected chi connectivity index (χ3v) is 6.17. The van der Waals surface area contributed by atoms with Crippen molar-refractivity contribution in [2.45, 2.75) is 62.5 Å². The second-order valence-electron chi connectivity index (χ2n) is 8.36. The van der Waals surface area contributed by atoms with E-state index in [4.69, 9.17) is 16.3 Å². The molecule has 3 N–H and O–H groups in total. The lowest BCUT2D eigenvalue weighted by molar-refractivity contribution is -0.189. The van der Waals surface area contributed by atoms with Gasteiger partial charge in [-0.05, 0) is 56.4 Å². The molecule has 178 valence electrons. The summed E-state index contributed by atoms with van der Waals surface area (Å²) in [5, 5.41) is 2.62. The quantitative estimate of drug-likeness (QED) is 0.323. The average molecular weight is 487 g/mol. The Morgan fingerprint density at radius 2 is 2.00 bits per heavy atom. The lowest BCUT2D eigenvalue weighted by atomic mass is 10.0. The number of hydrazine groups is 1. The van der Waals surface area contributed by atoms with Crippen LogP contribution in [0, 0.1) is 5.82 Å². The minimum Gasteiger partial charge on any atom is -0.480 e. The van der Waals surface area contributed by atoms with Crippen LogP contribution in [0.15, 0.2) is 30.5 Å². The van der Waals surface area contributed by atoms with Crippen molar-refractivity contribution >= 4 is 17.5 Å². The highest BCUT2D eigenvalue weighted by molar-refractivity contribution is 6.21. The third kappa shape index (κ3) is 5.23. The van der Waals surface area contributed by atoms with Crippen LogP contribution in [0.25, 0.3) is 11.3 Å². The van der Waals surface area contributed by atoms with E-state index < -0.39 is 41.3 Å². The zero-order valence-electron chi connectivity index (χ0n) is 17.8. The summed E-state index contributed by atoms with van der Waals surface area (Å²) in [7, 11) is 0. The summed E-state index contributed by atoms with van der Waals surface area (Å²) in [6.45, 7) is 2.57. The van der Waals surface area contributed by atoms with Crippen molar-refractivity contribution in [2.24, 2.45) is 0 Å². The monoisotopic (exact) mass is 486 g/mol. The topological polar surface area (TPSA) is 75.3 Å². The summed E-state index contributed by atoms with van der Waals surface area (Å²) < 4.78 is 59.7. The molecule has 11 heteroatoms. The van der Waals surface area contributed by atoms with Crippen LogP contribution < -0.4 is 20.9 Å². The molecule has 0 radical (unpaired) electrons. The summed E-state index contributed by atoms with van der Waals surface area (Å²) in [5.74, 6) is -1.58. The number of hydrogen-bond acceptors (Lipinski definition) is 5. The fourth-order valence-corrected chi connectivity index (χ4v) is 3.92. The Labute approximate surface area is 193 Å². The second kappa shape index (κ2) is 9.08. The molecular weight excluding hydrogens is 464 g/mol. The maximum Gasteiger partial charge on any atom is 0.425 e. The highest BCUT2D eigenvalue weighted by Crippen LogP contribution is 2.40. The van der Waals surface area contributed by atoms with Gasteiger partial charge in [-0.3, -0.25) is 15.2 Å². The van der Waals surface area contributed by atoms with Gasteiger partial charge in [0.2, 0.25) is 0 Å². The fourth-order valence-electron chi connectivity index (χ4n) is 3.58. The molecule has 2 fully saturated rings. The van der Waals surface area contributed by atoms with Crippen LogP contribution in [0.3, 0.4) is 0 Å². The van der Waals surface area contributed by atoms with Gasteiger partial charge in [-0.1, -0.05) is 6.07 Å². The van der Waals surface area contributed by atoms with Crippen molar-refractivity contribution in [3.63, 3.8) is 0 Å². The lowest BCUT2D eigenvalue weighted by Gasteiger charge is -2.22. The standard InChI is InChI=1S/C22H23ClF4N4O2/c1-10-19(20(23)31-30-10)29-21(32)15-7-16(24)14(8-18(15)33-11(2)22(25,26)27)17-6-5-13(9-28-17)12-3-4-12/h5-12,19-20,30-31H,3-4H2,1-2H3,(H,29,32). The van der Waals surface area contributed by atoms with Gasteiger partial charge < -0.3 is 10.1 Å². The van der Waals surface area contributed by atoms with Gasteiger partial charge in [-0.2, -0.15) is 13.2 Å². The van der Waals surface area contributed by atoms with Crippen LogP contribution in [0.2, 0.25) is 0 Å². The van der Waals surface area contributed by atoms with E-state index in [0.29, 0.717) is 5.92 Å². The molecular formula is C22H23ClF4N4O2. The predicted octanol–water partition coefficient (Wildman–Crippen LogP) is 4.25. The number of nitrogens with zero attached hydrogens (tertiary/aromatic N) is 1. The number of benzene rings is 1. The van der Waals surface area contributed by atoms with E-state index in [1.54, 1.807) is 19.2 Å². The molecule has 1 saturated heterocycles. The maximum atomic E-state index is 15.0. The third-order valence-electron chi connectivity index (χ3n) is 5.79. The number of carbonyl (C=O) groups excluding carboxylic acids is 1. The molecule has 4 unspecified atom stereocenters. The first kappa shape index (κ1) is 23.7. The van der Waals surface area contributed by atoms with Crippen LogP contribution in [0.5, 0.6) is 5.75 Å². The van der Waals surface area contributed by atoms with Gasteiger partial charge in [-0.25, -0.2) is 9.82 Å². The van der Waals surface area contributed by atoms with Gasteiger partial charge in [0.15, 0.2) is 6.10 Å². The van der Waals surface area contributed by atoms with Gasteiger partial charge in [0.25, 0.3) is 5.91 Å². The number of ether oxygens (including phenoxy) is 1. The molecule has 1 aromatic heterocycles. The van der Waals surface area contributed by atoms with Gasteiger partial charge in [0.05, 0.1) is 17.3 Å². The van der Waals surface area contributed by atoms with E-state index in [-0.39, 0.29) is 22.9 Å². The van der Waals surface area contributed by atoms with Crippen LogP contribution in [0.4, 0.5) is 17.6 Å². The van der Waals surface area contributed by atoms with Crippen molar-refractivity contribution in [3.8, 4) is 17.0 Å². The Morgan fingerprint density at radius 1 is 1.27 bits per heavy atom. The number of pyridine rings is 1. The summed E-state index contributed by atoms with van der Waals surface area (Å²) in [6, 6.07) is 4.51. The van der Waals surface area contributed by atoms with Crippen molar-refractivity contribution in [1.82, 2.24) is 21.2 Å². The molecule has 0 bridgehead atoms. The van der Waals surface area contributed by atoms with E-state index >= 15 is 4.39 Å². The van der Waals surface area contributed by atoms with E-state index in [2.05, 4.69) is 21.2 Å². The highest BCUT2D eigenvalue weighted by Gasteiger charge is 2.39. The molecule has 4 rings (SSSR count). The maximum absolute atomic E-state index is 15.0. The van der Waals surface area contributed by atoms with Crippen LogP contribution in [-0.4, -0.2) is 40.8 Å². The molecule has 2 aromatic rings. The largest absolute Gasteiger partial charge is 0.480 e. The molecule has 33 heavy (non-hydrogen) atoms. The predicted molar refractivity (Wildman–Crippen MR) is 114 cm³/mol. The Hall–Kier alpha value is -2.43. The average Bonchev–Trinajstić information content (AvgIpc) is 3.56. The molecule has 0 spiro atoms. The number of aromatic nitrogens is 1. The van der Waals surface area contributed by atoms with E-state index in [9.17, 15) is 18.0 Å². The van der Waals surface area contributed by atoms with E-state index in [1.165, 1.54) is 0 Å². The zero-order chi connectivity index (χ0) is 23.9. The first-order valence-electron chi connectivity index (χ1n) is 10.5. The van der Waals surface area contributed by atoms with Gasteiger partial charge in [0, 0.05) is 17.8 Å². The molecule has 4 atom stereocenters. The number of hydrogen-bond donors (Lipinski definition) is 3. The minimum absolute atomic E-state index is 0.0638. The first-order chi connectivity index (χ1) is 15.5. The van der Waals surface area contributed by atoms with Crippen molar-refractivity contribution in [3.05, 3.63) is 47.4 Å². The highest BCUT2D eigenvalue weighted by atomic mass is 35.5. The van der Waals surface area contributed by atoms with Gasteiger partial charge >= 0.3 is 6.18 Å². The van der Waals surface area contributed by atoms with Crippen LogP contribution in [-0.2, 0) is 0 Å². The summed E-state index contributed by atoms with van der Waals surface area (Å²) in [5.41, 5.74) is 5.74. The molecule has 6 nitrogen and oxygen atoms in total. The summed E-state index contributed by atoms with van der Waals surface area (Å²) in [6.07, 6.45) is -3.13. The van der Waals surface area contributed by atoms with Gasteiger partial charge in [0.1, 0.15) is 17.1 Å². The summed E-state index contributed by atoms with van der Waals surface area (Å²) >= 11 is 6.11. The van der Waals surface area contributed by atoms with E-state index in [1.807, 2.05) is 6.07 Å². The molecule has 1 amide bonds. The van der Waals surface area contributed by atoms with Crippen molar-refractivity contribution < 1.29 is 27.1 Å². The number of amides is 1. The Balaban J connectivity index is 1.68. The SMILES string of the molecule is CC1NNC(Cl)C1NC(=O)c1cc(F)c(-c2ccc(C3CC3)cn2)cc1OC(C)C(F)(F)F. The molecule has 2 heterocycles. The zero-order valence-corrected chi connectivity index (χ0v) is 18.6. The number of carbonyl (C=O) groups is 1. The molecule has 2 aliphatic rings. The summed E-state index contributed by atoms with van der Waals surface area (Å²) in [4.78, 5) is 17.2. The molecule has 1 aliphatic heterocycles. The van der Waals surface area contributed by atoms with Crippen LogP contribution >= 0.6 is 11.6 Å². The first-order valence-corrected chi connectivity index (χ1v) is 11.0. The van der Waals surface area contributed by atoms with Crippen LogP contribution in [0.1, 0.15) is 48.5 Å². The molecule has 1 aromatic carbocycles. The number of rotatable bonds is 6. The fraction of sp³-hybridized carbons (Fsp3) is 0.455. The number of alkyl halides is 4.